The first-order valence-corrected chi connectivity index (χ1v) is 11.9. The fourth-order valence-electron chi connectivity index (χ4n) is 4.27. The lowest BCUT2D eigenvalue weighted by molar-refractivity contribution is 0.0769. The summed E-state index contributed by atoms with van der Waals surface area (Å²) in [5.74, 6) is 0.659. The molecule has 0 fully saturated rings. The van der Waals surface area contributed by atoms with Crippen LogP contribution in [0.5, 0.6) is 0 Å². The molecule has 1 aliphatic heterocycles. The van der Waals surface area contributed by atoms with Crippen molar-refractivity contribution >= 4 is 5.57 Å². The third-order valence-corrected chi connectivity index (χ3v) is 6.38. The van der Waals surface area contributed by atoms with Gasteiger partial charge in [0.25, 0.3) is 5.89 Å². The minimum Gasteiger partial charge on any atom is -0.404 e. The maximum absolute atomic E-state index is 9.57. The SMILES string of the molecule is C=C(NCCC)/C(C#N)=C\C(=C/N)c1nc(-c2ccc3c(c2C)CCN(C(CO)CO)CC3)no1. The fraction of sp³-hybridized carbons (Fsp3) is 0.423. The average Bonchev–Trinajstić information content (AvgIpc) is 3.25. The Balaban J connectivity index is 1.86. The van der Waals surface area contributed by atoms with Crippen molar-refractivity contribution in [3.05, 3.63) is 64.8 Å². The van der Waals surface area contributed by atoms with Gasteiger partial charge < -0.3 is 25.8 Å². The zero-order valence-electron chi connectivity index (χ0n) is 20.4. The van der Waals surface area contributed by atoms with Crippen molar-refractivity contribution in [3.63, 3.8) is 0 Å². The summed E-state index contributed by atoms with van der Waals surface area (Å²) in [6.07, 6.45) is 5.46. The van der Waals surface area contributed by atoms with Gasteiger partial charge in [-0.05, 0) is 49.0 Å². The Hall–Kier alpha value is -3.45. The van der Waals surface area contributed by atoms with Gasteiger partial charge in [-0.25, -0.2) is 0 Å². The summed E-state index contributed by atoms with van der Waals surface area (Å²) in [6, 6.07) is 5.96. The number of hydrogen-bond donors (Lipinski definition) is 4. The predicted octanol–water partition coefficient (Wildman–Crippen LogP) is 2.06. The maximum Gasteiger partial charge on any atom is 0.259 e. The molecular weight excluding hydrogens is 444 g/mol. The lowest BCUT2D eigenvalue weighted by Crippen LogP contribution is -2.42. The minimum absolute atomic E-state index is 0.0658. The number of hydrogen-bond acceptors (Lipinski definition) is 9. The highest BCUT2D eigenvalue weighted by atomic mass is 16.5. The average molecular weight is 479 g/mol. The molecule has 1 aromatic carbocycles. The van der Waals surface area contributed by atoms with Crippen LogP contribution in [0.2, 0.25) is 0 Å². The van der Waals surface area contributed by atoms with E-state index in [2.05, 4.69) is 39.1 Å². The standard InChI is InChI=1S/C26H34N6O3/c1-4-9-29-18(3)20(13-27)12-21(14-28)26-30-25(31-35-26)24-6-5-19-7-10-32(22(15-33)16-34)11-8-23(19)17(24)2/h5-6,12,14,22,29,33-34H,3-4,7-11,15-16,28H2,1-2H3/b20-12-,21-14+. The van der Waals surface area contributed by atoms with Gasteiger partial charge in [0.05, 0.1) is 30.4 Å². The number of fused-ring (bicyclic) bond motifs is 1. The highest BCUT2D eigenvalue weighted by Crippen LogP contribution is 2.30. The summed E-state index contributed by atoms with van der Waals surface area (Å²) in [5.41, 5.74) is 11.5. The number of nitriles is 1. The van der Waals surface area contributed by atoms with Gasteiger partial charge in [0, 0.05) is 37.1 Å². The Morgan fingerprint density at radius 3 is 2.74 bits per heavy atom. The van der Waals surface area contributed by atoms with Crippen molar-refractivity contribution in [2.24, 2.45) is 5.73 Å². The van der Waals surface area contributed by atoms with Crippen LogP contribution in [0, 0.1) is 18.3 Å². The van der Waals surface area contributed by atoms with Crippen LogP contribution in [0.15, 0.2) is 46.8 Å². The molecule has 9 heteroatoms. The van der Waals surface area contributed by atoms with E-state index in [1.165, 1.54) is 17.3 Å². The lowest BCUT2D eigenvalue weighted by Gasteiger charge is -2.27. The quantitative estimate of drug-likeness (QED) is 0.298. The zero-order chi connectivity index (χ0) is 25.4. The number of aliphatic hydroxyl groups is 2. The first-order valence-electron chi connectivity index (χ1n) is 11.9. The van der Waals surface area contributed by atoms with Crippen LogP contribution in [0.1, 0.15) is 35.9 Å². The molecule has 1 aromatic heterocycles. The molecule has 2 aromatic rings. The summed E-state index contributed by atoms with van der Waals surface area (Å²) in [6.45, 7) is 10.1. The number of aliphatic hydroxyl groups excluding tert-OH is 2. The smallest absolute Gasteiger partial charge is 0.259 e. The van der Waals surface area contributed by atoms with E-state index in [1.54, 1.807) is 6.08 Å². The van der Waals surface area contributed by atoms with Crippen LogP contribution in [-0.4, -0.2) is 64.1 Å². The van der Waals surface area contributed by atoms with Crippen molar-refractivity contribution in [2.75, 3.05) is 32.8 Å². The molecular formula is C26H34N6O3. The fourth-order valence-corrected chi connectivity index (χ4v) is 4.27. The first-order chi connectivity index (χ1) is 17.0. The second-order valence-electron chi connectivity index (χ2n) is 8.55. The molecule has 0 unspecified atom stereocenters. The van der Waals surface area contributed by atoms with Crippen molar-refractivity contribution in [3.8, 4) is 17.5 Å². The lowest BCUT2D eigenvalue weighted by atomic mass is 9.93. The molecule has 1 aliphatic rings. The van der Waals surface area contributed by atoms with Crippen LogP contribution in [0.25, 0.3) is 17.0 Å². The van der Waals surface area contributed by atoms with Crippen molar-refractivity contribution < 1.29 is 14.7 Å². The van der Waals surface area contributed by atoms with Crippen LogP contribution in [0.3, 0.4) is 0 Å². The summed E-state index contributed by atoms with van der Waals surface area (Å²) in [7, 11) is 0. The van der Waals surface area contributed by atoms with Crippen LogP contribution < -0.4 is 11.1 Å². The second-order valence-corrected chi connectivity index (χ2v) is 8.55. The molecule has 5 N–H and O–H groups in total. The van der Waals surface area contributed by atoms with Crippen LogP contribution in [-0.2, 0) is 12.8 Å². The Kier molecular flexibility index (Phi) is 9.20. The molecule has 0 saturated carbocycles. The topological polar surface area (TPSA) is 144 Å². The van der Waals surface area contributed by atoms with E-state index in [0.29, 0.717) is 29.2 Å². The number of nitrogens with two attached hydrogens (primary N) is 1. The second kappa shape index (κ2) is 12.3. The third kappa shape index (κ3) is 5.98. The van der Waals surface area contributed by atoms with Gasteiger partial charge in [0.1, 0.15) is 6.07 Å². The highest BCUT2D eigenvalue weighted by molar-refractivity contribution is 5.73. The zero-order valence-corrected chi connectivity index (χ0v) is 20.4. The number of rotatable bonds is 10. The predicted molar refractivity (Wildman–Crippen MR) is 135 cm³/mol. The van der Waals surface area contributed by atoms with Gasteiger partial charge in [-0.1, -0.05) is 30.8 Å². The molecule has 0 amide bonds. The highest BCUT2D eigenvalue weighted by Gasteiger charge is 2.23. The van der Waals surface area contributed by atoms with E-state index in [-0.39, 0.29) is 25.1 Å². The normalized spacial score (nSPS) is 15.0. The molecule has 35 heavy (non-hydrogen) atoms. The van der Waals surface area contributed by atoms with Gasteiger partial charge in [-0.2, -0.15) is 10.2 Å². The van der Waals surface area contributed by atoms with E-state index >= 15 is 0 Å². The van der Waals surface area contributed by atoms with Gasteiger partial charge in [0.15, 0.2) is 0 Å². The largest absolute Gasteiger partial charge is 0.404 e. The molecule has 0 radical (unpaired) electrons. The van der Waals surface area contributed by atoms with Gasteiger partial charge in [0.2, 0.25) is 5.82 Å². The molecule has 0 aliphatic carbocycles. The Bertz CT molecular complexity index is 1140. The third-order valence-electron chi connectivity index (χ3n) is 6.38. The van der Waals surface area contributed by atoms with E-state index in [4.69, 9.17) is 10.3 Å². The number of aromatic nitrogens is 2. The molecule has 9 nitrogen and oxygen atoms in total. The van der Waals surface area contributed by atoms with E-state index in [0.717, 1.165) is 43.5 Å². The molecule has 0 saturated heterocycles. The Morgan fingerprint density at radius 1 is 1.34 bits per heavy atom. The van der Waals surface area contributed by atoms with Crippen molar-refractivity contribution in [2.45, 2.75) is 39.2 Å². The molecule has 2 heterocycles. The van der Waals surface area contributed by atoms with E-state index in [9.17, 15) is 15.5 Å². The van der Waals surface area contributed by atoms with Crippen molar-refractivity contribution in [1.29, 1.82) is 5.26 Å². The summed E-state index contributed by atoms with van der Waals surface area (Å²) < 4.78 is 5.50. The van der Waals surface area contributed by atoms with E-state index in [1.807, 2.05) is 19.9 Å². The Labute approximate surface area is 206 Å². The van der Waals surface area contributed by atoms with Crippen molar-refractivity contribution in [1.82, 2.24) is 20.4 Å². The molecule has 0 spiro atoms. The molecule has 186 valence electrons. The molecule has 0 atom stereocenters. The van der Waals surface area contributed by atoms with Gasteiger partial charge in [-0.15, -0.1) is 0 Å². The maximum atomic E-state index is 9.57. The Morgan fingerprint density at radius 2 is 2.09 bits per heavy atom. The summed E-state index contributed by atoms with van der Waals surface area (Å²) >= 11 is 0. The molecule has 3 rings (SSSR count). The molecule has 0 bridgehead atoms. The first kappa shape index (κ1) is 26.2. The number of allylic oxidation sites excluding steroid dienone is 3. The van der Waals surface area contributed by atoms with E-state index < -0.39 is 0 Å². The summed E-state index contributed by atoms with van der Waals surface area (Å²) in [4.78, 5) is 6.69. The monoisotopic (exact) mass is 478 g/mol. The van der Waals surface area contributed by atoms with Gasteiger partial charge in [-0.3, -0.25) is 4.90 Å². The number of benzene rings is 1. The minimum atomic E-state index is -0.245. The van der Waals surface area contributed by atoms with Gasteiger partial charge >= 0.3 is 0 Å². The number of nitrogens with one attached hydrogen (secondary N) is 1. The summed E-state index contributed by atoms with van der Waals surface area (Å²) in [5, 5.41) is 36.0. The van der Waals surface area contributed by atoms with Crippen LogP contribution in [0.4, 0.5) is 0 Å². The number of nitrogens with zero attached hydrogens (tertiary/aromatic N) is 4. The van der Waals surface area contributed by atoms with Crippen LogP contribution >= 0.6 is 0 Å².